The number of rotatable bonds is 9. The van der Waals surface area contributed by atoms with Gasteiger partial charge in [0.1, 0.15) is 5.00 Å². The molecule has 0 radical (unpaired) electrons. The largest absolute Gasteiger partial charge is 0.313 e. The van der Waals surface area contributed by atoms with Gasteiger partial charge in [0.15, 0.2) is 0 Å². The average molecular weight is 534 g/mol. The highest BCUT2D eigenvalue weighted by Gasteiger charge is 2.28. The number of sulfonamides is 1. The van der Waals surface area contributed by atoms with Gasteiger partial charge in [-0.05, 0) is 43.3 Å². The zero-order chi connectivity index (χ0) is 26.5. The molecule has 0 saturated carbocycles. The second-order valence-corrected chi connectivity index (χ2v) is 11.1. The molecule has 0 atom stereocenters. The Kier molecular flexibility index (Phi) is 8.68. The van der Waals surface area contributed by atoms with Gasteiger partial charge < -0.3 is 21.0 Å². The van der Waals surface area contributed by atoms with Crippen LogP contribution >= 0.6 is 11.3 Å². The summed E-state index contributed by atoms with van der Waals surface area (Å²) in [4.78, 5) is 40.0. The van der Waals surface area contributed by atoms with E-state index in [0.29, 0.717) is 23.5 Å². The third kappa shape index (κ3) is 6.02. The van der Waals surface area contributed by atoms with E-state index in [9.17, 15) is 22.8 Å². The maximum atomic E-state index is 13.0. The lowest BCUT2D eigenvalue weighted by Crippen LogP contribution is -2.41. The summed E-state index contributed by atoms with van der Waals surface area (Å²) in [6.45, 7) is 2.26. The van der Waals surface area contributed by atoms with Crippen LogP contribution in [-0.4, -0.2) is 74.5 Å². The Labute approximate surface area is 212 Å². The lowest BCUT2D eigenvalue weighted by molar-refractivity contribution is -0.119. The minimum Gasteiger partial charge on any atom is -0.313 e. The monoisotopic (exact) mass is 533 g/mol. The fourth-order valence-corrected chi connectivity index (χ4v) is 6.28. The number of benzene rings is 1. The van der Waals surface area contributed by atoms with Gasteiger partial charge in [-0.3, -0.25) is 25.2 Å². The Morgan fingerprint density at radius 2 is 1.72 bits per heavy atom. The standard InChI is InChI=1S/C22H27N7O5S2/c1-14(30)26-27-21(32)19-17-7-10-28(2)13-18(17)35-22(19)25-20(31)15-3-5-16(6-4-15)36(33,34)29(11-8-23)12-9-24/h3-6,8-9,23-24H,7,10-13H2,1-2H3,(H,25,31)(H,26,30)(H,27,32). The van der Waals surface area contributed by atoms with Crippen molar-refractivity contribution in [1.29, 1.82) is 10.8 Å². The lowest BCUT2D eigenvalue weighted by atomic mass is 10.0. The first-order valence-corrected chi connectivity index (χ1v) is 13.1. The Hall–Kier alpha value is -3.46. The zero-order valence-electron chi connectivity index (χ0n) is 19.8. The van der Waals surface area contributed by atoms with Crippen molar-refractivity contribution in [3.8, 4) is 0 Å². The van der Waals surface area contributed by atoms with Gasteiger partial charge >= 0.3 is 0 Å². The number of likely N-dealkylation sites (N-methyl/N-ethyl adjacent to an activating group) is 1. The van der Waals surface area contributed by atoms with Gasteiger partial charge in [-0.15, -0.1) is 11.3 Å². The van der Waals surface area contributed by atoms with Crippen LogP contribution in [0, 0.1) is 10.8 Å². The third-order valence-electron chi connectivity index (χ3n) is 5.40. The molecule has 3 amide bonds. The molecule has 0 saturated heterocycles. The van der Waals surface area contributed by atoms with Gasteiger partial charge in [0.2, 0.25) is 15.9 Å². The van der Waals surface area contributed by atoms with E-state index in [4.69, 9.17) is 10.8 Å². The number of amides is 3. The molecule has 192 valence electrons. The molecule has 1 aliphatic heterocycles. The van der Waals surface area contributed by atoms with E-state index in [2.05, 4.69) is 21.1 Å². The highest BCUT2D eigenvalue weighted by molar-refractivity contribution is 7.89. The number of fused-ring (bicyclic) bond motifs is 1. The molecule has 1 aromatic carbocycles. The van der Waals surface area contributed by atoms with Gasteiger partial charge in [-0.2, -0.15) is 4.31 Å². The molecule has 36 heavy (non-hydrogen) atoms. The Morgan fingerprint density at radius 3 is 2.31 bits per heavy atom. The molecule has 12 nitrogen and oxygen atoms in total. The molecule has 0 unspecified atom stereocenters. The van der Waals surface area contributed by atoms with Crippen molar-refractivity contribution in [3.63, 3.8) is 0 Å². The molecule has 0 aliphatic carbocycles. The Morgan fingerprint density at radius 1 is 1.08 bits per heavy atom. The van der Waals surface area contributed by atoms with E-state index in [1.165, 1.54) is 42.5 Å². The molecule has 1 aromatic heterocycles. The van der Waals surface area contributed by atoms with E-state index < -0.39 is 27.7 Å². The van der Waals surface area contributed by atoms with Gasteiger partial charge in [-0.25, -0.2) is 8.42 Å². The fraction of sp³-hybridized carbons (Fsp3) is 0.318. The molecule has 2 heterocycles. The van der Waals surface area contributed by atoms with Crippen LogP contribution in [0.5, 0.6) is 0 Å². The van der Waals surface area contributed by atoms with Gasteiger partial charge in [0.25, 0.3) is 11.8 Å². The highest BCUT2D eigenvalue weighted by Crippen LogP contribution is 2.37. The summed E-state index contributed by atoms with van der Waals surface area (Å²) in [5.74, 6) is -1.51. The van der Waals surface area contributed by atoms with Gasteiger partial charge in [-0.1, -0.05) is 0 Å². The van der Waals surface area contributed by atoms with Crippen LogP contribution in [-0.2, 0) is 27.8 Å². The summed E-state index contributed by atoms with van der Waals surface area (Å²) < 4.78 is 26.6. The Balaban J connectivity index is 1.86. The smallest absolute Gasteiger partial charge is 0.272 e. The van der Waals surface area contributed by atoms with E-state index in [1.807, 2.05) is 7.05 Å². The second kappa shape index (κ2) is 11.5. The summed E-state index contributed by atoms with van der Waals surface area (Å²) in [6.07, 6.45) is 2.47. The van der Waals surface area contributed by atoms with Crippen LogP contribution in [0.15, 0.2) is 29.2 Å². The van der Waals surface area contributed by atoms with Crippen molar-refractivity contribution in [3.05, 3.63) is 45.8 Å². The van der Waals surface area contributed by atoms with Crippen molar-refractivity contribution >= 4 is 56.5 Å². The Bertz CT molecular complexity index is 1280. The first-order chi connectivity index (χ1) is 17.1. The number of nitrogens with zero attached hydrogens (tertiary/aromatic N) is 2. The SMILES string of the molecule is CC(=O)NNC(=O)c1c(NC(=O)c2ccc(S(=O)(=O)N(CC=N)CC=N)cc2)sc2c1CCN(C)C2. The summed E-state index contributed by atoms with van der Waals surface area (Å²) in [7, 11) is -2.00. The van der Waals surface area contributed by atoms with E-state index in [1.54, 1.807) is 0 Å². The molecule has 14 heteroatoms. The average Bonchev–Trinajstić information content (AvgIpc) is 3.19. The molecule has 0 spiro atoms. The predicted molar refractivity (Wildman–Crippen MR) is 136 cm³/mol. The van der Waals surface area contributed by atoms with Gasteiger partial charge in [0.05, 0.1) is 10.5 Å². The topological polar surface area (TPSA) is 176 Å². The number of hydrogen-bond acceptors (Lipinski definition) is 9. The van der Waals surface area contributed by atoms with Crippen LogP contribution < -0.4 is 16.2 Å². The van der Waals surface area contributed by atoms with Crippen LogP contribution in [0.2, 0.25) is 0 Å². The zero-order valence-corrected chi connectivity index (χ0v) is 21.4. The molecular formula is C22H27N7O5S2. The van der Waals surface area contributed by atoms with Crippen molar-refractivity contribution < 1.29 is 22.8 Å². The quantitative estimate of drug-likeness (QED) is 0.238. The van der Waals surface area contributed by atoms with Gasteiger partial charge in [0, 0.05) is 56.0 Å². The first-order valence-electron chi connectivity index (χ1n) is 10.9. The second-order valence-electron chi connectivity index (χ2n) is 8.04. The normalized spacial score (nSPS) is 13.5. The predicted octanol–water partition coefficient (Wildman–Crippen LogP) is 1.06. The maximum Gasteiger partial charge on any atom is 0.272 e. The summed E-state index contributed by atoms with van der Waals surface area (Å²) in [6, 6.07) is 5.27. The number of carbonyl (C=O) groups is 3. The van der Waals surface area contributed by atoms with Crippen molar-refractivity contribution in [1.82, 2.24) is 20.1 Å². The summed E-state index contributed by atoms with van der Waals surface area (Å²) in [5, 5.41) is 17.5. The van der Waals surface area contributed by atoms with E-state index >= 15 is 0 Å². The number of nitrogens with one attached hydrogen (secondary N) is 5. The maximum absolute atomic E-state index is 13.0. The molecule has 1 aliphatic rings. The summed E-state index contributed by atoms with van der Waals surface area (Å²) >= 11 is 1.28. The molecule has 2 aromatic rings. The number of hydrazine groups is 1. The molecule has 3 rings (SSSR count). The molecule has 0 bridgehead atoms. The van der Waals surface area contributed by atoms with E-state index in [0.717, 1.165) is 33.7 Å². The van der Waals surface area contributed by atoms with E-state index in [-0.39, 0.29) is 23.5 Å². The van der Waals surface area contributed by atoms with Crippen LogP contribution in [0.25, 0.3) is 0 Å². The first kappa shape index (κ1) is 27.1. The summed E-state index contributed by atoms with van der Waals surface area (Å²) in [5.41, 5.74) is 5.90. The number of hydrogen-bond donors (Lipinski definition) is 5. The molecule has 0 fully saturated rings. The molecular weight excluding hydrogens is 506 g/mol. The minimum atomic E-state index is -3.96. The lowest BCUT2D eigenvalue weighted by Gasteiger charge is -2.22. The fourth-order valence-electron chi connectivity index (χ4n) is 3.64. The van der Waals surface area contributed by atoms with Crippen LogP contribution in [0.3, 0.4) is 0 Å². The van der Waals surface area contributed by atoms with Crippen LogP contribution in [0.1, 0.15) is 38.1 Å². The van der Waals surface area contributed by atoms with Crippen molar-refractivity contribution in [2.75, 3.05) is 32.0 Å². The third-order valence-corrected chi connectivity index (χ3v) is 8.38. The number of carbonyl (C=O) groups excluding carboxylic acids is 3. The minimum absolute atomic E-state index is 0.0762. The van der Waals surface area contributed by atoms with Crippen molar-refractivity contribution in [2.45, 2.75) is 24.8 Å². The van der Waals surface area contributed by atoms with Crippen LogP contribution in [0.4, 0.5) is 5.00 Å². The number of anilines is 1. The highest BCUT2D eigenvalue weighted by atomic mass is 32.2. The van der Waals surface area contributed by atoms with Crippen molar-refractivity contribution in [2.24, 2.45) is 0 Å². The number of thiophene rings is 1. The molecule has 5 N–H and O–H groups in total.